The molecule has 3 aliphatic rings. The molecule has 2 aromatic rings. The summed E-state index contributed by atoms with van der Waals surface area (Å²) >= 11 is 0. The fraction of sp³-hybridized carbons (Fsp3) is 0.625. The van der Waals surface area contributed by atoms with E-state index in [2.05, 4.69) is 10.00 Å². The Kier molecular flexibility index (Phi) is 6.13. The smallest absolute Gasteiger partial charge is 0.339 e. The molecule has 1 saturated heterocycles. The number of benzene rings is 1. The van der Waals surface area contributed by atoms with E-state index in [9.17, 15) is 14.0 Å². The van der Waals surface area contributed by atoms with Crippen LogP contribution in [0.1, 0.15) is 62.3 Å². The Labute approximate surface area is 187 Å². The second-order valence-corrected chi connectivity index (χ2v) is 9.43. The first-order valence-corrected chi connectivity index (χ1v) is 12.0. The number of carbonyl (C=O) groups excluding carboxylic acids is 1. The summed E-state index contributed by atoms with van der Waals surface area (Å²) in [5, 5.41) is 4.55. The number of rotatable bonds is 4. The maximum Gasteiger partial charge on any atom is 0.346 e. The van der Waals surface area contributed by atoms with E-state index in [0.717, 1.165) is 39.0 Å². The molecule has 1 aliphatic carbocycles. The summed E-state index contributed by atoms with van der Waals surface area (Å²) < 4.78 is 16.6. The summed E-state index contributed by atoms with van der Waals surface area (Å²) in [5.41, 5.74) is 0.466. The third kappa shape index (κ3) is 4.25. The maximum atomic E-state index is 13.6. The van der Waals surface area contributed by atoms with Gasteiger partial charge in [-0.1, -0.05) is 31.4 Å². The monoisotopic (exact) mass is 441 g/mol. The van der Waals surface area contributed by atoms with Gasteiger partial charge in [0.25, 0.3) is 0 Å². The zero-order valence-electron chi connectivity index (χ0n) is 18.6. The van der Waals surface area contributed by atoms with Crippen LogP contribution in [0.15, 0.2) is 29.1 Å². The van der Waals surface area contributed by atoms with Crippen molar-refractivity contribution in [3.63, 3.8) is 0 Å². The average molecular weight is 442 g/mol. The van der Waals surface area contributed by atoms with Gasteiger partial charge in [-0.05, 0) is 43.4 Å². The van der Waals surface area contributed by atoms with E-state index in [1.54, 1.807) is 16.7 Å². The number of piperazine rings is 1. The summed E-state index contributed by atoms with van der Waals surface area (Å²) in [4.78, 5) is 30.8. The Morgan fingerprint density at radius 3 is 2.53 bits per heavy atom. The molecule has 0 radical (unpaired) electrons. The lowest BCUT2D eigenvalue weighted by Gasteiger charge is -2.41. The minimum atomic E-state index is -0.369. The molecular formula is C24H32FN5O2. The molecule has 7 nitrogen and oxygen atoms in total. The highest BCUT2D eigenvalue weighted by Gasteiger charge is 2.36. The molecule has 5 rings (SSSR count). The third-order valence-corrected chi connectivity index (χ3v) is 7.37. The zero-order chi connectivity index (χ0) is 22.1. The van der Waals surface area contributed by atoms with Crippen molar-refractivity contribution in [1.29, 1.82) is 0 Å². The zero-order valence-corrected chi connectivity index (χ0v) is 18.6. The van der Waals surface area contributed by atoms with Gasteiger partial charge in [-0.3, -0.25) is 14.3 Å². The van der Waals surface area contributed by atoms with Crippen LogP contribution in [-0.2, 0) is 17.9 Å². The van der Waals surface area contributed by atoms with Gasteiger partial charge in [-0.2, -0.15) is 5.10 Å². The SMILES string of the molecule is O=C(C1CCCn2c1nn(Cc1cccc(F)c1)c2=O)N1CCN(C2CCCCC2)CC1. The highest BCUT2D eigenvalue weighted by molar-refractivity contribution is 5.83. The van der Waals surface area contributed by atoms with Gasteiger partial charge < -0.3 is 4.90 Å². The molecule has 1 aromatic carbocycles. The molecule has 0 bridgehead atoms. The first-order chi connectivity index (χ1) is 15.6. The molecule has 0 N–H and O–H groups in total. The van der Waals surface area contributed by atoms with Gasteiger partial charge in [0.2, 0.25) is 5.91 Å². The largest absolute Gasteiger partial charge is 0.346 e. The number of halogens is 1. The minimum Gasteiger partial charge on any atom is -0.339 e. The highest BCUT2D eigenvalue weighted by Crippen LogP contribution is 2.28. The molecular weight excluding hydrogens is 409 g/mol. The molecule has 172 valence electrons. The van der Waals surface area contributed by atoms with E-state index < -0.39 is 0 Å². The first-order valence-electron chi connectivity index (χ1n) is 12.0. The molecule has 1 amide bonds. The maximum absolute atomic E-state index is 13.6. The molecule has 8 heteroatoms. The van der Waals surface area contributed by atoms with Gasteiger partial charge in [0, 0.05) is 38.8 Å². The molecule has 1 aromatic heterocycles. The molecule has 2 fully saturated rings. The van der Waals surface area contributed by atoms with Crippen LogP contribution in [0.5, 0.6) is 0 Å². The molecule has 32 heavy (non-hydrogen) atoms. The Bertz CT molecular complexity index is 1020. The number of amides is 1. The second kappa shape index (κ2) is 9.17. The van der Waals surface area contributed by atoms with Crippen molar-refractivity contribution >= 4 is 5.91 Å². The van der Waals surface area contributed by atoms with Gasteiger partial charge in [0.1, 0.15) is 11.6 Å². The van der Waals surface area contributed by atoms with Crippen molar-refractivity contribution in [1.82, 2.24) is 24.1 Å². The van der Waals surface area contributed by atoms with E-state index in [1.807, 2.05) is 4.90 Å². The van der Waals surface area contributed by atoms with Gasteiger partial charge >= 0.3 is 5.69 Å². The van der Waals surface area contributed by atoms with Crippen molar-refractivity contribution in [3.05, 3.63) is 52.0 Å². The van der Waals surface area contributed by atoms with Crippen molar-refractivity contribution in [3.8, 4) is 0 Å². The minimum absolute atomic E-state index is 0.0946. The predicted molar refractivity (Wildman–Crippen MR) is 119 cm³/mol. The van der Waals surface area contributed by atoms with Crippen LogP contribution >= 0.6 is 0 Å². The Hall–Kier alpha value is -2.48. The van der Waals surface area contributed by atoms with Crippen LogP contribution in [0.25, 0.3) is 0 Å². The lowest BCUT2D eigenvalue weighted by Crippen LogP contribution is -2.53. The lowest BCUT2D eigenvalue weighted by atomic mass is 9.93. The fourth-order valence-electron chi connectivity index (χ4n) is 5.63. The Balaban J connectivity index is 1.28. The van der Waals surface area contributed by atoms with Gasteiger partial charge in [0.15, 0.2) is 0 Å². The Morgan fingerprint density at radius 2 is 1.78 bits per heavy atom. The van der Waals surface area contributed by atoms with Crippen molar-refractivity contribution in [2.24, 2.45) is 0 Å². The standard InChI is InChI=1S/C24H32FN5O2/c25-19-7-4-6-18(16-19)17-30-24(32)29-11-5-10-21(22(29)26-30)23(31)28-14-12-27(13-15-28)20-8-2-1-3-9-20/h4,6-7,16,20-21H,1-3,5,8-15,17H2. The number of fused-ring (bicyclic) bond motifs is 1. The number of hydrogen-bond donors (Lipinski definition) is 0. The quantitative estimate of drug-likeness (QED) is 0.732. The van der Waals surface area contributed by atoms with E-state index in [0.29, 0.717) is 24.0 Å². The van der Waals surface area contributed by atoms with E-state index in [1.165, 1.54) is 48.9 Å². The third-order valence-electron chi connectivity index (χ3n) is 7.37. The number of hydrogen-bond acceptors (Lipinski definition) is 4. The van der Waals surface area contributed by atoms with Crippen LogP contribution in [-0.4, -0.2) is 62.3 Å². The van der Waals surface area contributed by atoms with E-state index in [-0.39, 0.29) is 29.9 Å². The van der Waals surface area contributed by atoms with Crippen molar-refractivity contribution in [2.45, 2.75) is 70.0 Å². The molecule has 0 spiro atoms. The highest BCUT2D eigenvalue weighted by atomic mass is 19.1. The molecule has 2 aliphatic heterocycles. The van der Waals surface area contributed by atoms with E-state index >= 15 is 0 Å². The number of aromatic nitrogens is 3. The van der Waals surface area contributed by atoms with Gasteiger partial charge in [-0.15, -0.1) is 0 Å². The summed E-state index contributed by atoms with van der Waals surface area (Å²) in [6, 6.07) is 6.89. The first kappa shape index (κ1) is 21.4. The van der Waals surface area contributed by atoms with E-state index in [4.69, 9.17) is 0 Å². The van der Waals surface area contributed by atoms with Crippen molar-refractivity contribution in [2.75, 3.05) is 26.2 Å². The fourth-order valence-corrected chi connectivity index (χ4v) is 5.63. The lowest BCUT2D eigenvalue weighted by molar-refractivity contribution is -0.135. The van der Waals surface area contributed by atoms with Crippen molar-refractivity contribution < 1.29 is 9.18 Å². The molecule has 1 atom stereocenters. The molecule has 1 unspecified atom stereocenters. The summed E-state index contributed by atoms with van der Waals surface area (Å²) in [7, 11) is 0. The van der Waals surface area contributed by atoms with Gasteiger partial charge in [-0.25, -0.2) is 13.9 Å². The Morgan fingerprint density at radius 1 is 1.00 bits per heavy atom. The van der Waals surface area contributed by atoms with Crippen LogP contribution in [0.2, 0.25) is 0 Å². The van der Waals surface area contributed by atoms with Crippen LogP contribution < -0.4 is 5.69 Å². The molecule has 3 heterocycles. The summed E-state index contributed by atoms with van der Waals surface area (Å²) in [6.07, 6.45) is 8.07. The predicted octanol–water partition coefficient (Wildman–Crippen LogP) is 2.59. The summed E-state index contributed by atoms with van der Waals surface area (Å²) in [5.74, 6) is -0.0408. The van der Waals surface area contributed by atoms with Crippen LogP contribution in [0.4, 0.5) is 4.39 Å². The summed E-state index contributed by atoms with van der Waals surface area (Å²) in [6.45, 7) is 4.15. The normalized spacial score (nSPS) is 22.7. The van der Waals surface area contributed by atoms with Crippen LogP contribution in [0, 0.1) is 5.82 Å². The average Bonchev–Trinajstić information content (AvgIpc) is 3.14. The second-order valence-electron chi connectivity index (χ2n) is 9.43. The topological polar surface area (TPSA) is 63.4 Å². The van der Waals surface area contributed by atoms with Crippen LogP contribution in [0.3, 0.4) is 0 Å². The number of nitrogens with zero attached hydrogens (tertiary/aromatic N) is 5. The van der Waals surface area contributed by atoms with Gasteiger partial charge in [0.05, 0.1) is 12.5 Å². The molecule has 1 saturated carbocycles. The number of carbonyl (C=O) groups is 1.